The molecule has 1 aromatic carbocycles. The summed E-state index contributed by atoms with van der Waals surface area (Å²) < 4.78 is 9.83. The van der Waals surface area contributed by atoms with Crippen LogP contribution < -0.4 is 4.74 Å². The van der Waals surface area contributed by atoms with Crippen LogP contribution in [0.5, 0.6) is 5.75 Å². The van der Waals surface area contributed by atoms with Crippen molar-refractivity contribution in [3.8, 4) is 5.75 Å². The number of para-hydroxylation sites is 1. The van der Waals surface area contributed by atoms with E-state index in [1.54, 1.807) is 12.1 Å². The highest BCUT2D eigenvalue weighted by Gasteiger charge is 2.00. The van der Waals surface area contributed by atoms with E-state index in [9.17, 15) is 4.79 Å². The van der Waals surface area contributed by atoms with Gasteiger partial charge in [-0.3, -0.25) is 0 Å². The van der Waals surface area contributed by atoms with Gasteiger partial charge in [0.05, 0.1) is 18.4 Å². The Balaban J connectivity index is 2.29. The summed E-state index contributed by atoms with van der Waals surface area (Å²) in [6.45, 7) is 1.52. The van der Waals surface area contributed by atoms with Gasteiger partial charge in [-0.1, -0.05) is 18.2 Å². The summed E-state index contributed by atoms with van der Waals surface area (Å²) >= 11 is 0. The van der Waals surface area contributed by atoms with Crippen molar-refractivity contribution >= 4 is 5.97 Å². The number of aliphatic hydroxyl groups excluding tert-OH is 1. The zero-order chi connectivity index (χ0) is 11.8. The van der Waals surface area contributed by atoms with Gasteiger partial charge in [0, 0.05) is 0 Å². The molecule has 0 heterocycles. The molecule has 1 atom stereocenters. The molecule has 1 aromatic rings. The number of carbonyl (C=O) groups is 1. The van der Waals surface area contributed by atoms with Crippen LogP contribution in [0.2, 0.25) is 0 Å². The van der Waals surface area contributed by atoms with Crippen LogP contribution in [0.1, 0.15) is 6.92 Å². The molecule has 0 saturated carbocycles. The molecule has 0 aliphatic heterocycles. The topological polar surface area (TPSA) is 55.8 Å². The molecule has 4 nitrogen and oxygen atoms in total. The Morgan fingerprint density at radius 3 is 2.75 bits per heavy atom. The standard InChI is InChI=1S/C12H14O4/c1-10(13)9-16-12(14)7-8-15-11-5-3-2-4-6-11/h2-8,10,13H,9H2,1H3. The molecule has 1 rings (SSSR count). The molecule has 0 radical (unpaired) electrons. The van der Waals surface area contributed by atoms with E-state index in [0.717, 1.165) is 6.08 Å². The van der Waals surface area contributed by atoms with Crippen LogP contribution in [0.4, 0.5) is 0 Å². The predicted molar refractivity (Wildman–Crippen MR) is 58.8 cm³/mol. The number of benzene rings is 1. The van der Waals surface area contributed by atoms with Crippen molar-refractivity contribution in [1.29, 1.82) is 0 Å². The minimum absolute atomic E-state index is 0.0193. The molecule has 4 heteroatoms. The molecule has 0 aliphatic carbocycles. The van der Waals surface area contributed by atoms with E-state index in [-0.39, 0.29) is 6.61 Å². The summed E-state index contributed by atoms with van der Waals surface area (Å²) in [7, 11) is 0. The molecule has 1 N–H and O–H groups in total. The van der Waals surface area contributed by atoms with Crippen LogP contribution in [0.25, 0.3) is 0 Å². The molecule has 86 valence electrons. The summed E-state index contributed by atoms with van der Waals surface area (Å²) in [6.07, 6.45) is 1.75. The highest BCUT2D eigenvalue weighted by molar-refractivity contribution is 5.81. The number of hydrogen-bond donors (Lipinski definition) is 1. The fourth-order valence-corrected chi connectivity index (χ4v) is 0.918. The number of carbonyl (C=O) groups excluding carboxylic acids is 1. The third-order valence-electron chi connectivity index (χ3n) is 1.62. The first-order valence-corrected chi connectivity index (χ1v) is 4.91. The smallest absolute Gasteiger partial charge is 0.333 e. The quantitative estimate of drug-likeness (QED) is 0.466. The summed E-state index contributed by atoms with van der Waals surface area (Å²) in [5.74, 6) is 0.0962. The van der Waals surface area contributed by atoms with E-state index in [2.05, 4.69) is 4.74 Å². The van der Waals surface area contributed by atoms with Crippen molar-refractivity contribution < 1.29 is 19.4 Å². The van der Waals surface area contributed by atoms with E-state index < -0.39 is 12.1 Å². The van der Waals surface area contributed by atoms with Crippen LogP contribution in [-0.2, 0) is 9.53 Å². The minimum atomic E-state index is -0.660. The SMILES string of the molecule is CC(O)COC(=O)C=COc1ccccc1. The first kappa shape index (κ1) is 12.3. The number of aliphatic hydroxyl groups is 1. The van der Waals surface area contributed by atoms with Crippen molar-refractivity contribution in [2.45, 2.75) is 13.0 Å². The molecule has 0 aromatic heterocycles. The number of hydrogen-bond acceptors (Lipinski definition) is 4. The average molecular weight is 222 g/mol. The first-order valence-electron chi connectivity index (χ1n) is 4.91. The van der Waals surface area contributed by atoms with Crippen molar-refractivity contribution in [2.75, 3.05) is 6.61 Å². The van der Waals surface area contributed by atoms with E-state index in [1.807, 2.05) is 18.2 Å². The highest BCUT2D eigenvalue weighted by atomic mass is 16.5. The summed E-state index contributed by atoms with van der Waals surface area (Å²) in [4.78, 5) is 11.0. The van der Waals surface area contributed by atoms with Gasteiger partial charge in [0.15, 0.2) is 0 Å². The lowest BCUT2D eigenvalue weighted by Gasteiger charge is -2.03. The van der Waals surface area contributed by atoms with Crippen LogP contribution in [0, 0.1) is 0 Å². The zero-order valence-electron chi connectivity index (χ0n) is 9.00. The Bertz CT molecular complexity index is 343. The molecule has 0 fully saturated rings. The van der Waals surface area contributed by atoms with E-state index in [4.69, 9.17) is 9.84 Å². The van der Waals surface area contributed by atoms with Crippen LogP contribution in [0.3, 0.4) is 0 Å². The highest BCUT2D eigenvalue weighted by Crippen LogP contribution is 2.08. The monoisotopic (exact) mass is 222 g/mol. The van der Waals surface area contributed by atoms with Gasteiger partial charge in [-0.15, -0.1) is 0 Å². The molecule has 16 heavy (non-hydrogen) atoms. The number of rotatable bonds is 5. The lowest BCUT2D eigenvalue weighted by molar-refractivity contribution is -0.140. The van der Waals surface area contributed by atoms with E-state index >= 15 is 0 Å². The largest absolute Gasteiger partial charge is 0.465 e. The van der Waals surface area contributed by atoms with Crippen LogP contribution >= 0.6 is 0 Å². The van der Waals surface area contributed by atoms with Crippen molar-refractivity contribution in [2.24, 2.45) is 0 Å². The molecular formula is C12H14O4. The second-order valence-corrected chi connectivity index (χ2v) is 3.21. The first-order chi connectivity index (χ1) is 7.68. The van der Waals surface area contributed by atoms with Gasteiger partial charge in [-0.25, -0.2) is 4.79 Å². The van der Waals surface area contributed by atoms with E-state index in [1.165, 1.54) is 13.2 Å². The van der Waals surface area contributed by atoms with Gasteiger partial charge < -0.3 is 14.6 Å². The Labute approximate surface area is 94.1 Å². The third-order valence-corrected chi connectivity index (χ3v) is 1.62. The molecule has 0 bridgehead atoms. The van der Waals surface area contributed by atoms with Crippen molar-refractivity contribution in [3.05, 3.63) is 42.7 Å². The van der Waals surface area contributed by atoms with Gasteiger partial charge in [0.25, 0.3) is 0 Å². The molecule has 0 saturated heterocycles. The van der Waals surface area contributed by atoms with Crippen molar-refractivity contribution in [3.63, 3.8) is 0 Å². The maximum absolute atomic E-state index is 11.0. The molecule has 0 spiro atoms. The van der Waals surface area contributed by atoms with Gasteiger partial charge in [-0.2, -0.15) is 0 Å². The predicted octanol–water partition coefficient (Wildman–Crippen LogP) is 1.50. The lowest BCUT2D eigenvalue weighted by Crippen LogP contribution is -2.13. The van der Waals surface area contributed by atoms with Gasteiger partial charge in [0.1, 0.15) is 12.4 Å². The maximum atomic E-state index is 11.0. The Morgan fingerprint density at radius 1 is 1.44 bits per heavy atom. The second kappa shape index (κ2) is 6.63. The number of esters is 1. The van der Waals surface area contributed by atoms with Crippen LogP contribution in [0.15, 0.2) is 42.7 Å². The minimum Gasteiger partial charge on any atom is -0.465 e. The Hall–Kier alpha value is -1.81. The molecule has 1 unspecified atom stereocenters. The van der Waals surface area contributed by atoms with Crippen LogP contribution in [-0.4, -0.2) is 23.8 Å². The zero-order valence-corrected chi connectivity index (χ0v) is 9.00. The van der Waals surface area contributed by atoms with Gasteiger partial charge in [-0.05, 0) is 19.1 Å². The fraction of sp³-hybridized carbons (Fsp3) is 0.250. The second-order valence-electron chi connectivity index (χ2n) is 3.21. The fourth-order valence-electron chi connectivity index (χ4n) is 0.918. The Kier molecular flexibility index (Phi) is 5.08. The summed E-state index contributed by atoms with van der Waals surface area (Å²) in [5, 5.41) is 8.87. The Morgan fingerprint density at radius 2 is 2.12 bits per heavy atom. The summed E-state index contributed by atoms with van der Waals surface area (Å²) in [6, 6.07) is 9.06. The van der Waals surface area contributed by atoms with Gasteiger partial charge >= 0.3 is 5.97 Å². The average Bonchev–Trinajstić information content (AvgIpc) is 2.28. The third kappa shape index (κ3) is 5.17. The van der Waals surface area contributed by atoms with E-state index in [0.29, 0.717) is 5.75 Å². The lowest BCUT2D eigenvalue weighted by atomic mass is 10.3. The number of ether oxygens (including phenoxy) is 2. The van der Waals surface area contributed by atoms with Crippen molar-refractivity contribution in [1.82, 2.24) is 0 Å². The van der Waals surface area contributed by atoms with Gasteiger partial charge in [0.2, 0.25) is 0 Å². The molecular weight excluding hydrogens is 208 g/mol. The molecule has 0 aliphatic rings. The maximum Gasteiger partial charge on any atom is 0.333 e. The molecule has 0 amide bonds. The normalized spacial score (nSPS) is 12.4. The summed E-state index contributed by atoms with van der Waals surface area (Å²) in [5.41, 5.74) is 0.